The number of piperidine rings is 1. The zero-order valence-corrected chi connectivity index (χ0v) is 11.2. The Balaban J connectivity index is 2.37. The summed E-state index contributed by atoms with van der Waals surface area (Å²) in [6.45, 7) is 4.81. The Hall–Kier alpha value is -0.650. The molecule has 1 heterocycles. The van der Waals surface area contributed by atoms with Gasteiger partial charge in [-0.15, -0.1) is 0 Å². The SMILES string of the molecule is CCOC(=O)C(N)CN1CCCC(N(C)C)C1. The van der Waals surface area contributed by atoms with Crippen LogP contribution in [0.15, 0.2) is 0 Å². The van der Waals surface area contributed by atoms with Crippen LogP contribution in [0, 0.1) is 0 Å². The van der Waals surface area contributed by atoms with E-state index in [1.165, 1.54) is 12.8 Å². The molecule has 1 rings (SSSR count). The molecule has 5 nitrogen and oxygen atoms in total. The third-order valence-electron chi connectivity index (χ3n) is 3.26. The van der Waals surface area contributed by atoms with Gasteiger partial charge >= 0.3 is 5.97 Å². The quantitative estimate of drug-likeness (QED) is 0.684. The second-order valence-corrected chi connectivity index (χ2v) is 4.88. The zero-order chi connectivity index (χ0) is 12.8. The monoisotopic (exact) mass is 243 g/mol. The third kappa shape index (κ3) is 4.61. The molecule has 0 spiro atoms. The Kier molecular flexibility index (Phi) is 5.88. The molecule has 1 fully saturated rings. The maximum atomic E-state index is 11.4. The number of nitrogens with zero attached hydrogens (tertiary/aromatic N) is 2. The first kappa shape index (κ1) is 14.4. The molecule has 5 heteroatoms. The number of likely N-dealkylation sites (N-methyl/N-ethyl adjacent to an activating group) is 1. The number of esters is 1. The van der Waals surface area contributed by atoms with Crippen LogP contribution >= 0.6 is 0 Å². The number of nitrogens with two attached hydrogens (primary N) is 1. The summed E-state index contributed by atoms with van der Waals surface area (Å²) in [6.07, 6.45) is 2.39. The molecule has 0 aromatic rings. The lowest BCUT2D eigenvalue weighted by molar-refractivity contribution is -0.145. The van der Waals surface area contributed by atoms with Crippen molar-refractivity contribution in [1.82, 2.24) is 9.80 Å². The summed E-state index contributed by atoms with van der Waals surface area (Å²) in [5, 5.41) is 0. The summed E-state index contributed by atoms with van der Waals surface area (Å²) in [5.41, 5.74) is 5.83. The number of hydrogen-bond donors (Lipinski definition) is 1. The van der Waals surface area contributed by atoms with Crippen molar-refractivity contribution in [3.8, 4) is 0 Å². The summed E-state index contributed by atoms with van der Waals surface area (Å²) in [4.78, 5) is 15.9. The zero-order valence-electron chi connectivity index (χ0n) is 11.2. The Morgan fingerprint density at radius 2 is 2.29 bits per heavy atom. The van der Waals surface area contributed by atoms with E-state index < -0.39 is 6.04 Å². The fourth-order valence-corrected chi connectivity index (χ4v) is 2.22. The van der Waals surface area contributed by atoms with Gasteiger partial charge in [0.2, 0.25) is 0 Å². The van der Waals surface area contributed by atoms with Gasteiger partial charge in [0, 0.05) is 19.1 Å². The summed E-state index contributed by atoms with van der Waals surface area (Å²) < 4.78 is 4.92. The molecule has 0 bridgehead atoms. The second-order valence-electron chi connectivity index (χ2n) is 4.88. The molecule has 0 aromatic carbocycles. The Morgan fingerprint density at radius 3 is 2.88 bits per heavy atom. The van der Waals surface area contributed by atoms with Gasteiger partial charge in [-0.05, 0) is 40.4 Å². The van der Waals surface area contributed by atoms with Crippen LogP contribution in [-0.4, -0.2) is 68.2 Å². The van der Waals surface area contributed by atoms with Crippen molar-refractivity contribution in [2.75, 3.05) is 40.3 Å². The van der Waals surface area contributed by atoms with E-state index in [1.807, 2.05) is 0 Å². The predicted molar refractivity (Wildman–Crippen MR) is 67.8 cm³/mol. The lowest BCUT2D eigenvalue weighted by Gasteiger charge is -2.36. The molecule has 2 atom stereocenters. The molecule has 0 amide bonds. The molecule has 0 aliphatic carbocycles. The molecule has 0 radical (unpaired) electrons. The topological polar surface area (TPSA) is 58.8 Å². The standard InChI is InChI=1S/C12H25N3O2/c1-4-17-12(16)11(13)9-15-7-5-6-10(8-15)14(2)3/h10-11H,4-9,13H2,1-3H3. The molecule has 1 aliphatic heterocycles. The smallest absolute Gasteiger partial charge is 0.324 e. The van der Waals surface area contributed by atoms with Crippen LogP contribution in [0.1, 0.15) is 19.8 Å². The van der Waals surface area contributed by atoms with E-state index in [-0.39, 0.29) is 5.97 Å². The van der Waals surface area contributed by atoms with Gasteiger partial charge in [0.05, 0.1) is 6.61 Å². The molecule has 1 saturated heterocycles. The first-order valence-corrected chi connectivity index (χ1v) is 6.35. The first-order valence-electron chi connectivity index (χ1n) is 6.35. The van der Waals surface area contributed by atoms with E-state index in [4.69, 9.17) is 10.5 Å². The number of hydrogen-bond acceptors (Lipinski definition) is 5. The van der Waals surface area contributed by atoms with Crippen molar-refractivity contribution in [3.63, 3.8) is 0 Å². The third-order valence-corrected chi connectivity index (χ3v) is 3.26. The van der Waals surface area contributed by atoms with Crippen molar-refractivity contribution >= 4 is 5.97 Å². The number of carbonyl (C=O) groups is 1. The molecular weight excluding hydrogens is 218 g/mol. The van der Waals surface area contributed by atoms with E-state index in [0.29, 0.717) is 19.2 Å². The number of rotatable bonds is 5. The van der Waals surface area contributed by atoms with Crippen molar-refractivity contribution in [1.29, 1.82) is 0 Å². The number of carbonyl (C=O) groups excluding carboxylic acids is 1. The van der Waals surface area contributed by atoms with Crippen molar-refractivity contribution < 1.29 is 9.53 Å². The van der Waals surface area contributed by atoms with Crippen LogP contribution in [0.25, 0.3) is 0 Å². The van der Waals surface area contributed by atoms with Crippen LogP contribution in [-0.2, 0) is 9.53 Å². The molecular formula is C12H25N3O2. The minimum Gasteiger partial charge on any atom is -0.465 e. The minimum absolute atomic E-state index is 0.292. The van der Waals surface area contributed by atoms with E-state index in [9.17, 15) is 4.79 Å². The van der Waals surface area contributed by atoms with Crippen LogP contribution in [0.3, 0.4) is 0 Å². The van der Waals surface area contributed by atoms with Crippen LogP contribution in [0.4, 0.5) is 0 Å². The average Bonchev–Trinajstić information content (AvgIpc) is 2.29. The Bertz CT molecular complexity index is 246. The average molecular weight is 243 g/mol. The lowest BCUT2D eigenvalue weighted by Crippen LogP contribution is -2.50. The van der Waals surface area contributed by atoms with Crippen molar-refractivity contribution in [3.05, 3.63) is 0 Å². The van der Waals surface area contributed by atoms with Gasteiger partial charge in [-0.1, -0.05) is 0 Å². The largest absolute Gasteiger partial charge is 0.465 e. The van der Waals surface area contributed by atoms with Crippen molar-refractivity contribution in [2.45, 2.75) is 31.8 Å². The van der Waals surface area contributed by atoms with E-state index >= 15 is 0 Å². The van der Waals surface area contributed by atoms with Crippen LogP contribution in [0.5, 0.6) is 0 Å². The number of likely N-dealkylation sites (tertiary alicyclic amines) is 1. The van der Waals surface area contributed by atoms with Crippen LogP contribution < -0.4 is 5.73 Å². The van der Waals surface area contributed by atoms with E-state index in [0.717, 1.165) is 13.1 Å². The molecule has 0 aromatic heterocycles. The van der Waals surface area contributed by atoms with Gasteiger partial charge in [-0.25, -0.2) is 0 Å². The Labute approximate surface area is 104 Å². The van der Waals surface area contributed by atoms with Gasteiger partial charge in [0.1, 0.15) is 6.04 Å². The first-order chi connectivity index (χ1) is 8.04. The summed E-state index contributed by atoms with van der Waals surface area (Å²) in [5.74, 6) is -0.292. The summed E-state index contributed by atoms with van der Waals surface area (Å²) >= 11 is 0. The van der Waals surface area contributed by atoms with E-state index in [1.54, 1.807) is 6.92 Å². The molecule has 2 N–H and O–H groups in total. The van der Waals surface area contributed by atoms with E-state index in [2.05, 4.69) is 23.9 Å². The molecule has 100 valence electrons. The highest BCUT2D eigenvalue weighted by molar-refractivity contribution is 5.75. The maximum Gasteiger partial charge on any atom is 0.324 e. The predicted octanol–water partition coefficient (Wildman–Crippen LogP) is -0.0972. The Morgan fingerprint density at radius 1 is 1.59 bits per heavy atom. The number of ether oxygens (including phenoxy) is 1. The minimum atomic E-state index is -0.518. The van der Waals surface area contributed by atoms with Crippen molar-refractivity contribution in [2.24, 2.45) is 5.73 Å². The van der Waals surface area contributed by atoms with Gasteiger partial charge in [-0.2, -0.15) is 0 Å². The van der Waals surface area contributed by atoms with Gasteiger partial charge in [0.15, 0.2) is 0 Å². The molecule has 0 saturated carbocycles. The van der Waals surface area contributed by atoms with Gasteiger partial charge in [-0.3, -0.25) is 9.69 Å². The fraction of sp³-hybridized carbons (Fsp3) is 0.917. The normalized spacial score (nSPS) is 23.7. The summed E-state index contributed by atoms with van der Waals surface area (Å²) in [6, 6.07) is 0.0500. The lowest BCUT2D eigenvalue weighted by atomic mass is 10.0. The molecule has 1 aliphatic rings. The van der Waals surface area contributed by atoms with Gasteiger partial charge < -0.3 is 15.4 Å². The highest BCUT2D eigenvalue weighted by Crippen LogP contribution is 2.13. The van der Waals surface area contributed by atoms with Gasteiger partial charge in [0.25, 0.3) is 0 Å². The maximum absolute atomic E-state index is 11.4. The highest BCUT2D eigenvalue weighted by atomic mass is 16.5. The summed E-state index contributed by atoms with van der Waals surface area (Å²) in [7, 11) is 4.19. The van der Waals surface area contributed by atoms with Crippen LogP contribution in [0.2, 0.25) is 0 Å². The second kappa shape index (κ2) is 6.93. The molecule has 17 heavy (non-hydrogen) atoms. The highest BCUT2D eigenvalue weighted by Gasteiger charge is 2.25. The molecule has 2 unspecified atom stereocenters. The fourth-order valence-electron chi connectivity index (χ4n) is 2.22.